The molecule has 482 valence electrons. The van der Waals surface area contributed by atoms with E-state index in [0.29, 0.717) is 168 Å². The second kappa shape index (κ2) is 37.5. The minimum absolute atomic E-state index is 0.0925. The number of nitrogens with two attached hydrogens (primary N) is 1. The summed E-state index contributed by atoms with van der Waals surface area (Å²) in [6, 6.07) is 5.82. The molecule has 26 heteroatoms. The number of pyridine rings is 2. The number of esters is 1. The van der Waals surface area contributed by atoms with E-state index in [9.17, 15) is 33.9 Å². The van der Waals surface area contributed by atoms with Crippen molar-refractivity contribution in [1.82, 2.24) is 29.9 Å². The lowest BCUT2D eigenvalue weighted by Crippen LogP contribution is -2.48. The number of benzene rings is 1. The Morgan fingerprint density at radius 1 is 0.770 bits per heavy atom. The Balaban J connectivity index is 0.797. The van der Waals surface area contributed by atoms with Crippen molar-refractivity contribution in [3.63, 3.8) is 0 Å². The normalized spacial score (nSPS) is 15.0. The van der Waals surface area contributed by atoms with E-state index in [-0.39, 0.29) is 86.6 Å². The van der Waals surface area contributed by atoms with Crippen LogP contribution in [0, 0.1) is 18.8 Å². The van der Waals surface area contributed by atoms with Crippen molar-refractivity contribution in [3.8, 4) is 17.1 Å². The third kappa shape index (κ3) is 21.7. The Morgan fingerprint density at radius 3 is 1.95 bits per heavy atom. The summed E-state index contributed by atoms with van der Waals surface area (Å²) in [6.45, 7) is 16.1. The van der Waals surface area contributed by atoms with Crippen molar-refractivity contribution >= 4 is 40.5 Å². The first-order valence-corrected chi connectivity index (χ1v) is 30.2. The van der Waals surface area contributed by atoms with Crippen LogP contribution in [0.15, 0.2) is 35.3 Å². The number of hydrogen-bond donors (Lipinski definition) is 3. The summed E-state index contributed by atoms with van der Waals surface area (Å²) in [5.41, 5.74) is 7.83. The van der Waals surface area contributed by atoms with Crippen molar-refractivity contribution in [1.29, 1.82) is 0 Å². The van der Waals surface area contributed by atoms with Gasteiger partial charge in [-0.2, -0.15) is 0 Å². The molecule has 2 aliphatic rings. The number of phenolic OH excluding ortho intramolecular Hbond substituents is 1. The van der Waals surface area contributed by atoms with Gasteiger partial charge in [-0.3, -0.25) is 19.2 Å². The second-order valence-corrected chi connectivity index (χ2v) is 21.4. The number of aromatic hydroxyl groups is 1. The Bertz CT molecular complexity index is 2880. The van der Waals surface area contributed by atoms with Crippen molar-refractivity contribution < 1.29 is 85.9 Å². The number of amides is 1. The van der Waals surface area contributed by atoms with Crippen molar-refractivity contribution in [2.75, 3.05) is 132 Å². The van der Waals surface area contributed by atoms with Gasteiger partial charge >= 0.3 is 12.1 Å². The van der Waals surface area contributed by atoms with Gasteiger partial charge in [0.1, 0.15) is 32.2 Å². The van der Waals surface area contributed by atoms with E-state index in [1.807, 2.05) is 33.9 Å². The Labute approximate surface area is 507 Å². The summed E-state index contributed by atoms with van der Waals surface area (Å²) in [7, 11) is 0. The van der Waals surface area contributed by atoms with Gasteiger partial charge in [-0.05, 0) is 81.3 Å². The number of hydrogen-bond acceptors (Lipinski definition) is 23. The predicted molar refractivity (Wildman–Crippen MR) is 315 cm³/mol. The number of carbonyl (C=O) groups excluding carboxylic acids is 5. The van der Waals surface area contributed by atoms with Gasteiger partial charge in [0.25, 0.3) is 5.56 Å². The molecule has 0 saturated carbocycles. The Hall–Kier alpha value is -6.33. The average molecular weight is 1220 g/mol. The van der Waals surface area contributed by atoms with Crippen LogP contribution in [0.5, 0.6) is 5.75 Å². The first-order chi connectivity index (χ1) is 42.2. The van der Waals surface area contributed by atoms with E-state index >= 15 is 0 Å². The highest BCUT2D eigenvalue weighted by molar-refractivity contribution is 5.91. The number of aromatic nitrogens is 5. The summed E-state index contributed by atoms with van der Waals surface area (Å²) in [4.78, 5) is 86.0. The minimum atomic E-state index is -2.04. The Morgan fingerprint density at radius 2 is 1.38 bits per heavy atom. The number of fused-ring (bicyclic) bond motifs is 5. The zero-order chi connectivity index (χ0) is 62.4. The summed E-state index contributed by atoms with van der Waals surface area (Å²) in [6.07, 6.45) is 3.19. The molecule has 1 aromatic carbocycles. The predicted octanol–water partition coefficient (Wildman–Crippen LogP) is 4.45. The molecule has 0 bridgehead atoms. The van der Waals surface area contributed by atoms with Crippen LogP contribution in [-0.2, 0) is 108 Å². The molecule has 1 amide bonds. The molecule has 0 saturated heterocycles. The third-order valence-electron chi connectivity index (χ3n) is 14.7. The molecule has 0 spiro atoms. The van der Waals surface area contributed by atoms with Crippen LogP contribution in [0.4, 0.5) is 4.79 Å². The summed E-state index contributed by atoms with van der Waals surface area (Å²) in [5, 5.41) is 21.9. The molecule has 6 rings (SSSR count). The second-order valence-electron chi connectivity index (χ2n) is 21.4. The SMILES string of the molecule is CCc1c2c(nc3ccc(O)cc13)-c1cc3c(c(=O)n1C2)COC(=O)C3(CC)OC(=O)OCC(NC(=O)C(CCCCN)CC(=O)COCC(=O)CCCOCCOCCOCCOCCOCCOCCOCCOCCn1cc(C)nn1)C(C)C. The minimum Gasteiger partial charge on any atom is -0.508 e. The molecule has 0 radical (unpaired) electrons. The van der Waals surface area contributed by atoms with Crippen LogP contribution >= 0.6 is 0 Å². The van der Waals surface area contributed by atoms with Gasteiger partial charge in [-0.1, -0.05) is 39.3 Å². The molecule has 3 aromatic heterocycles. The number of phenols is 1. The lowest BCUT2D eigenvalue weighted by molar-refractivity contribution is -0.175. The van der Waals surface area contributed by atoms with E-state index < -0.39 is 41.2 Å². The number of cyclic esters (lactones) is 1. The first-order valence-electron chi connectivity index (χ1n) is 30.2. The van der Waals surface area contributed by atoms with Crippen molar-refractivity contribution in [2.45, 2.75) is 117 Å². The first kappa shape index (κ1) is 69.8. The highest BCUT2D eigenvalue weighted by Crippen LogP contribution is 2.42. The number of nitrogens with zero attached hydrogens (tertiary/aromatic N) is 5. The van der Waals surface area contributed by atoms with E-state index in [2.05, 4.69) is 15.6 Å². The molecule has 4 N–H and O–H groups in total. The number of ketones is 2. The quantitative estimate of drug-likeness (QED) is 0.0358. The number of ether oxygens (including phenoxy) is 12. The maximum atomic E-state index is 14.2. The zero-order valence-electron chi connectivity index (χ0n) is 51.1. The molecule has 0 fully saturated rings. The van der Waals surface area contributed by atoms with Gasteiger partial charge in [0.05, 0.1) is 146 Å². The topological polar surface area (TPSA) is 320 Å². The molecular weight excluding hydrogens is 1130 g/mol. The van der Waals surface area contributed by atoms with E-state index in [1.165, 1.54) is 0 Å². The maximum absolute atomic E-state index is 14.2. The molecular formula is C61H89N7O19. The lowest BCUT2D eigenvalue weighted by atomic mass is 9.85. The van der Waals surface area contributed by atoms with Crippen LogP contribution in [0.3, 0.4) is 0 Å². The number of carbonyl (C=O) groups is 5. The molecule has 2 aliphatic heterocycles. The monoisotopic (exact) mass is 1220 g/mol. The fourth-order valence-electron chi connectivity index (χ4n) is 9.96. The molecule has 3 atom stereocenters. The molecule has 3 unspecified atom stereocenters. The van der Waals surface area contributed by atoms with Gasteiger partial charge in [0.2, 0.25) is 11.5 Å². The molecule has 5 heterocycles. The Kier molecular flexibility index (Phi) is 30.1. The number of Topliss-reactive ketones (excluding diaryl/α,β-unsaturated/α-hetero) is 2. The van der Waals surface area contributed by atoms with Gasteiger partial charge in [-0.25, -0.2) is 19.3 Å². The summed E-state index contributed by atoms with van der Waals surface area (Å²) >= 11 is 0. The highest BCUT2D eigenvalue weighted by atomic mass is 16.7. The number of nitrogens with one attached hydrogen (secondary N) is 1. The van der Waals surface area contributed by atoms with Crippen LogP contribution in [-0.4, -0.2) is 197 Å². The molecule has 4 aromatic rings. The molecule has 26 nitrogen and oxygen atoms in total. The largest absolute Gasteiger partial charge is 0.509 e. The molecule has 0 aliphatic carbocycles. The van der Waals surface area contributed by atoms with Crippen molar-refractivity contribution in [2.24, 2.45) is 17.6 Å². The summed E-state index contributed by atoms with van der Waals surface area (Å²) in [5.74, 6) is -2.81. The smallest absolute Gasteiger partial charge is 0.508 e. The average Bonchev–Trinajstić information content (AvgIpc) is 1.84. The fraction of sp³-hybridized carbons (Fsp3) is 0.656. The lowest BCUT2D eigenvalue weighted by Gasteiger charge is -2.35. The van der Waals surface area contributed by atoms with E-state index in [4.69, 9.17) is 67.6 Å². The van der Waals surface area contributed by atoms with Crippen LogP contribution in [0.2, 0.25) is 0 Å². The van der Waals surface area contributed by atoms with Crippen LogP contribution < -0.4 is 16.6 Å². The number of aryl methyl sites for hydroxylation is 2. The van der Waals surface area contributed by atoms with Gasteiger partial charge in [-0.15, -0.1) is 5.10 Å². The van der Waals surface area contributed by atoms with Gasteiger partial charge in [0, 0.05) is 48.1 Å². The maximum Gasteiger partial charge on any atom is 0.509 e. The fourth-order valence-corrected chi connectivity index (χ4v) is 9.96. The van der Waals surface area contributed by atoms with Crippen LogP contribution in [0.25, 0.3) is 22.3 Å². The van der Waals surface area contributed by atoms with Gasteiger partial charge < -0.3 is 77.6 Å². The molecule has 87 heavy (non-hydrogen) atoms. The summed E-state index contributed by atoms with van der Waals surface area (Å²) < 4.78 is 69.9. The standard InChI is InChI=1S/C61H89N7O19/c1-6-48-49-34-45(69)13-14-53(49)63-56-50(48)37-68-55(56)35-52-51(58(68)73)40-85-59(74)61(52,7-2)87-60(75)86-41-54(42(3)4)64-57(72)44(11-8-9-15-62)33-47(71)39-84-38-46(70)12-10-17-76-19-21-78-23-25-80-27-29-82-31-32-83-30-28-81-26-24-79-22-20-77-18-16-67-36-43(5)65-66-67/h13-14,34-36,42,44,54,69H,6-12,15-33,37-41,62H2,1-5H3,(H,64,72). The number of rotatable bonds is 46. The zero-order valence-corrected chi connectivity index (χ0v) is 51.1. The number of unbranched alkanes of at least 4 members (excludes halogenated alkanes) is 1. The van der Waals surface area contributed by atoms with Crippen molar-refractivity contribution in [3.05, 3.63) is 68.8 Å². The van der Waals surface area contributed by atoms with Crippen LogP contribution in [0.1, 0.15) is 101 Å². The van der Waals surface area contributed by atoms with E-state index in [1.54, 1.807) is 40.4 Å². The third-order valence-corrected chi connectivity index (χ3v) is 14.7. The van der Waals surface area contributed by atoms with Gasteiger partial charge in [0.15, 0.2) is 11.6 Å². The highest BCUT2D eigenvalue weighted by Gasteiger charge is 2.51. The van der Waals surface area contributed by atoms with E-state index in [0.717, 1.165) is 22.2 Å².